The van der Waals surface area contributed by atoms with E-state index in [9.17, 15) is 0 Å². The molecule has 15 heavy (non-hydrogen) atoms. The van der Waals surface area contributed by atoms with Crippen LogP contribution >= 0.6 is 0 Å². The molecule has 1 heterocycles. The molecule has 0 amide bonds. The van der Waals surface area contributed by atoms with Crippen molar-refractivity contribution in [2.45, 2.75) is 44.9 Å². The van der Waals surface area contributed by atoms with Crippen molar-refractivity contribution in [1.82, 2.24) is 0 Å². The Hall–Kier alpha value is -0.340. The molecule has 2 nitrogen and oxygen atoms in total. The molecule has 0 aromatic heterocycles. The lowest BCUT2D eigenvalue weighted by Crippen LogP contribution is -2.23. The predicted octanol–water partition coefficient (Wildman–Crippen LogP) is 3.52. The van der Waals surface area contributed by atoms with Crippen molar-refractivity contribution in [3.8, 4) is 0 Å². The summed E-state index contributed by atoms with van der Waals surface area (Å²) >= 11 is 0. The minimum absolute atomic E-state index is 0.498. The Bertz CT molecular complexity index is 151. The molecule has 1 fully saturated rings. The molecule has 0 bridgehead atoms. The van der Waals surface area contributed by atoms with E-state index in [1.807, 2.05) is 6.08 Å². The number of unbranched alkanes of at least 4 members (excludes halogenated alkanes) is 5. The van der Waals surface area contributed by atoms with Crippen LogP contribution in [0.5, 0.6) is 0 Å². The van der Waals surface area contributed by atoms with Gasteiger partial charge in [-0.3, -0.25) is 0 Å². The molecule has 0 saturated carbocycles. The quantitative estimate of drug-likeness (QED) is 0.452. The standard InChI is InChI=1S/C13H24O2/c1-2-3-4-5-6-7-8-9-13-10-14-12-15-11-13/h2,13H,1,3-12H2. The highest BCUT2D eigenvalue weighted by molar-refractivity contribution is 4.65. The maximum absolute atomic E-state index is 5.26. The maximum atomic E-state index is 5.26. The third-order valence-electron chi connectivity index (χ3n) is 2.89. The predicted molar refractivity (Wildman–Crippen MR) is 62.8 cm³/mol. The molecule has 0 N–H and O–H groups in total. The van der Waals surface area contributed by atoms with Gasteiger partial charge in [-0.2, -0.15) is 0 Å². The van der Waals surface area contributed by atoms with E-state index < -0.39 is 0 Å². The van der Waals surface area contributed by atoms with Gasteiger partial charge in [0.25, 0.3) is 0 Å². The van der Waals surface area contributed by atoms with E-state index in [1.165, 1.54) is 44.9 Å². The van der Waals surface area contributed by atoms with E-state index in [1.54, 1.807) is 0 Å². The fourth-order valence-electron chi connectivity index (χ4n) is 1.96. The van der Waals surface area contributed by atoms with Gasteiger partial charge in [-0.05, 0) is 19.3 Å². The number of ether oxygens (including phenoxy) is 2. The summed E-state index contributed by atoms with van der Waals surface area (Å²) in [5.74, 6) is 0.645. The second-order valence-corrected chi connectivity index (χ2v) is 4.36. The van der Waals surface area contributed by atoms with Crippen molar-refractivity contribution in [2.75, 3.05) is 20.0 Å². The number of hydrogen-bond acceptors (Lipinski definition) is 2. The molecule has 1 aliphatic rings. The van der Waals surface area contributed by atoms with E-state index in [0.717, 1.165) is 13.2 Å². The van der Waals surface area contributed by atoms with Crippen LogP contribution in [0.3, 0.4) is 0 Å². The van der Waals surface area contributed by atoms with Gasteiger partial charge in [0.05, 0.1) is 13.2 Å². The fourth-order valence-corrected chi connectivity index (χ4v) is 1.96. The molecule has 0 atom stereocenters. The summed E-state index contributed by atoms with van der Waals surface area (Å²) in [6.07, 6.45) is 11.1. The maximum Gasteiger partial charge on any atom is 0.146 e. The average Bonchev–Trinajstić information content (AvgIpc) is 2.29. The van der Waals surface area contributed by atoms with Crippen LogP contribution in [0.4, 0.5) is 0 Å². The normalized spacial score (nSPS) is 17.9. The number of hydrogen-bond donors (Lipinski definition) is 0. The van der Waals surface area contributed by atoms with E-state index in [4.69, 9.17) is 9.47 Å². The molecule has 2 heteroatoms. The topological polar surface area (TPSA) is 18.5 Å². The van der Waals surface area contributed by atoms with Crippen molar-refractivity contribution < 1.29 is 9.47 Å². The van der Waals surface area contributed by atoms with Crippen LogP contribution in [0.2, 0.25) is 0 Å². The monoisotopic (exact) mass is 212 g/mol. The Kier molecular flexibility index (Phi) is 7.58. The summed E-state index contributed by atoms with van der Waals surface area (Å²) in [7, 11) is 0. The molecular weight excluding hydrogens is 188 g/mol. The molecule has 0 unspecified atom stereocenters. The lowest BCUT2D eigenvalue weighted by atomic mass is 10.0. The van der Waals surface area contributed by atoms with Crippen molar-refractivity contribution in [3.63, 3.8) is 0 Å². The van der Waals surface area contributed by atoms with E-state index >= 15 is 0 Å². The van der Waals surface area contributed by atoms with Gasteiger partial charge in [0.15, 0.2) is 0 Å². The molecule has 1 aliphatic heterocycles. The van der Waals surface area contributed by atoms with E-state index in [2.05, 4.69) is 6.58 Å². The van der Waals surface area contributed by atoms with Gasteiger partial charge in [0.1, 0.15) is 6.79 Å². The Labute approximate surface area is 93.7 Å². The third kappa shape index (κ3) is 6.69. The second kappa shape index (κ2) is 8.93. The molecular formula is C13H24O2. The van der Waals surface area contributed by atoms with Crippen LogP contribution in [0.25, 0.3) is 0 Å². The lowest BCUT2D eigenvalue weighted by molar-refractivity contribution is -0.127. The van der Waals surface area contributed by atoms with Crippen LogP contribution in [0, 0.1) is 5.92 Å². The molecule has 1 saturated heterocycles. The summed E-state index contributed by atoms with van der Waals surface area (Å²) in [6.45, 7) is 6.02. The molecule has 0 spiro atoms. The molecule has 1 rings (SSSR count). The molecule has 0 aromatic carbocycles. The minimum atomic E-state index is 0.498. The zero-order chi connectivity index (χ0) is 10.8. The van der Waals surface area contributed by atoms with Gasteiger partial charge in [0.2, 0.25) is 0 Å². The lowest BCUT2D eigenvalue weighted by Gasteiger charge is -2.22. The second-order valence-electron chi connectivity index (χ2n) is 4.36. The van der Waals surface area contributed by atoms with Crippen molar-refractivity contribution in [2.24, 2.45) is 5.92 Å². The zero-order valence-corrected chi connectivity index (χ0v) is 9.75. The highest BCUT2D eigenvalue weighted by atomic mass is 16.7. The Balaban J connectivity index is 1.81. The van der Waals surface area contributed by atoms with Gasteiger partial charge in [0, 0.05) is 5.92 Å². The summed E-state index contributed by atoms with van der Waals surface area (Å²) < 4.78 is 10.5. The van der Waals surface area contributed by atoms with Gasteiger partial charge in [-0.25, -0.2) is 0 Å². The fraction of sp³-hybridized carbons (Fsp3) is 0.846. The third-order valence-corrected chi connectivity index (χ3v) is 2.89. The molecule has 88 valence electrons. The highest BCUT2D eigenvalue weighted by Crippen LogP contribution is 2.15. The first-order valence-electron chi connectivity index (χ1n) is 6.20. The van der Waals surface area contributed by atoms with Crippen LogP contribution in [-0.4, -0.2) is 20.0 Å². The first-order chi connectivity index (χ1) is 7.43. The summed E-state index contributed by atoms with van der Waals surface area (Å²) in [4.78, 5) is 0. The van der Waals surface area contributed by atoms with E-state index in [-0.39, 0.29) is 0 Å². The molecule has 0 radical (unpaired) electrons. The minimum Gasteiger partial charge on any atom is -0.355 e. The van der Waals surface area contributed by atoms with Gasteiger partial charge in [-0.1, -0.05) is 31.8 Å². The van der Waals surface area contributed by atoms with Crippen molar-refractivity contribution in [3.05, 3.63) is 12.7 Å². The summed E-state index contributed by atoms with van der Waals surface area (Å²) in [6, 6.07) is 0. The Morgan fingerprint density at radius 2 is 1.67 bits per heavy atom. The molecule has 0 aliphatic carbocycles. The largest absolute Gasteiger partial charge is 0.355 e. The number of rotatable bonds is 8. The smallest absolute Gasteiger partial charge is 0.146 e. The highest BCUT2D eigenvalue weighted by Gasteiger charge is 2.13. The van der Waals surface area contributed by atoms with Crippen molar-refractivity contribution >= 4 is 0 Å². The number of allylic oxidation sites excluding steroid dienone is 1. The SMILES string of the molecule is C=CCCCCCCCC1COCOC1. The van der Waals surface area contributed by atoms with Gasteiger partial charge in [-0.15, -0.1) is 6.58 Å². The first kappa shape index (κ1) is 12.7. The van der Waals surface area contributed by atoms with Crippen LogP contribution in [0.1, 0.15) is 44.9 Å². The Morgan fingerprint density at radius 1 is 1.00 bits per heavy atom. The van der Waals surface area contributed by atoms with E-state index in [0.29, 0.717) is 12.7 Å². The van der Waals surface area contributed by atoms with Crippen LogP contribution in [-0.2, 0) is 9.47 Å². The molecule has 0 aromatic rings. The summed E-state index contributed by atoms with van der Waals surface area (Å²) in [5, 5.41) is 0. The average molecular weight is 212 g/mol. The first-order valence-corrected chi connectivity index (χ1v) is 6.20. The van der Waals surface area contributed by atoms with Crippen LogP contribution < -0.4 is 0 Å². The zero-order valence-electron chi connectivity index (χ0n) is 9.75. The van der Waals surface area contributed by atoms with Crippen LogP contribution in [0.15, 0.2) is 12.7 Å². The Morgan fingerprint density at radius 3 is 2.40 bits per heavy atom. The van der Waals surface area contributed by atoms with Gasteiger partial charge >= 0.3 is 0 Å². The van der Waals surface area contributed by atoms with Gasteiger partial charge < -0.3 is 9.47 Å². The summed E-state index contributed by atoms with van der Waals surface area (Å²) in [5.41, 5.74) is 0. The van der Waals surface area contributed by atoms with Crippen molar-refractivity contribution in [1.29, 1.82) is 0 Å².